The van der Waals surface area contributed by atoms with Crippen LogP contribution < -0.4 is 9.47 Å². The van der Waals surface area contributed by atoms with E-state index in [0.29, 0.717) is 11.5 Å². The Morgan fingerprint density at radius 3 is 1.22 bits per heavy atom. The molecule has 0 radical (unpaired) electrons. The molecule has 5 rings (SSSR count). The third kappa shape index (κ3) is 8.13. The van der Waals surface area contributed by atoms with Gasteiger partial charge in [0.2, 0.25) is 0 Å². The van der Waals surface area contributed by atoms with Crippen LogP contribution >= 0.6 is 0 Å². The fourth-order valence-corrected chi connectivity index (χ4v) is 3.68. The number of fused-ring (bicyclic) bond motifs is 2. The lowest BCUT2D eigenvalue weighted by atomic mass is 10.1. The first-order valence-electron chi connectivity index (χ1n) is 11.8. The summed E-state index contributed by atoms with van der Waals surface area (Å²) in [5.41, 5.74) is 2.86. The van der Waals surface area contributed by atoms with Gasteiger partial charge in [-0.15, -0.1) is 10.5 Å². The molecular weight excluding hydrogens is 456 g/mol. The standard InChI is InChI=1S/2C11H7NO.C10H14.CH4/c2*12-8-13-11-7-3-5-9-4-1-2-6-10(9)11;1-3-9-5-7-10(4-2)8-6-9;/h2*1-7H;5-8H,3-4H2,1-2H3;1H4. The average molecular weight is 489 g/mol. The molecule has 0 aliphatic heterocycles. The molecular formula is C33H32N2O2. The minimum Gasteiger partial charge on any atom is -0.387 e. The summed E-state index contributed by atoms with van der Waals surface area (Å²) < 4.78 is 9.65. The van der Waals surface area contributed by atoms with Crippen molar-refractivity contribution in [1.82, 2.24) is 0 Å². The highest BCUT2D eigenvalue weighted by Gasteiger charge is 2.00. The number of rotatable bonds is 4. The van der Waals surface area contributed by atoms with Gasteiger partial charge in [0.1, 0.15) is 11.5 Å². The van der Waals surface area contributed by atoms with E-state index in [4.69, 9.17) is 20.0 Å². The fraction of sp³-hybridized carbons (Fsp3) is 0.152. The Kier molecular flexibility index (Phi) is 11.7. The van der Waals surface area contributed by atoms with Gasteiger partial charge >= 0.3 is 0 Å². The minimum atomic E-state index is 0. The van der Waals surface area contributed by atoms with Crippen molar-refractivity contribution in [3.05, 3.63) is 120 Å². The molecule has 186 valence electrons. The van der Waals surface area contributed by atoms with Crippen LogP contribution in [0.4, 0.5) is 0 Å². The molecule has 0 aromatic heterocycles. The number of ether oxygens (including phenoxy) is 2. The number of hydrogen-bond acceptors (Lipinski definition) is 4. The highest BCUT2D eigenvalue weighted by Crippen LogP contribution is 2.25. The molecule has 4 nitrogen and oxygen atoms in total. The summed E-state index contributed by atoms with van der Waals surface area (Å²) in [6, 6.07) is 35.7. The molecule has 4 heteroatoms. The van der Waals surface area contributed by atoms with Gasteiger partial charge in [0.15, 0.2) is 0 Å². The molecule has 0 fully saturated rings. The maximum Gasteiger partial charge on any atom is 0.292 e. The minimum absolute atomic E-state index is 0. The van der Waals surface area contributed by atoms with E-state index in [2.05, 4.69) is 38.1 Å². The Hall–Kier alpha value is -4.80. The van der Waals surface area contributed by atoms with Gasteiger partial charge in [-0.2, -0.15) is 0 Å². The van der Waals surface area contributed by atoms with Gasteiger partial charge in [0, 0.05) is 10.8 Å². The second kappa shape index (κ2) is 15.2. The summed E-state index contributed by atoms with van der Waals surface area (Å²) in [6.07, 6.45) is 5.64. The van der Waals surface area contributed by atoms with Crippen LogP contribution in [0.2, 0.25) is 0 Å². The Morgan fingerprint density at radius 2 is 0.865 bits per heavy atom. The van der Waals surface area contributed by atoms with Gasteiger partial charge in [-0.05, 0) is 46.9 Å². The second-order valence-corrected chi connectivity index (χ2v) is 7.86. The topological polar surface area (TPSA) is 66.0 Å². The summed E-state index contributed by atoms with van der Waals surface area (Å²) in [7, 11) is 0. The van der Waals surface area contributed by atoms with Crippen LogP contribution in [0.25, 0.3) is 21.5 Å². The van der Waals surface area contributed by atoms with Crippen LogP contribution in [0.3, 0.4) is 0 Å². The van der Waals surface area contributed by atoms with Crippen molar-refractivity contribution in [2.75, 3.05) is 0 Å². The smallest absolute Gasteiger partial charge is 0.292 e. The third-order valence-corrected chi connectivity index (χ3v) is 5.65. The lowest BCUT2D eigenvalue weighted by molar-refractivity contribution is 0.513. The largest absolute Gasteiger partial charge is 0.387 e. The zero-order valence-electron chi connectivity index (χ0n) is 20.5. The summed E-state index contributed by atoms with van der Waals surface area (Å²) in [6.45, 7) is 4.36. The molecule has 5 aromatic carbocycles. The Morgan fingerprint density at radius 1 is 0.514 bits per heavy atom. The van der Waals surface area contributed by atoms with Gasteiger partial charge in [0.25, 0.3) is 12.5 Å². The van der Waals surface area contributed by atoms with Crippen LogP contribution in [-0.2, 0) is 12.8 Å². The molecule has 0 N–H and O–H groups in total. The average Bonchev–Trinajstić information content (AvgIpc) is 2.95. The summed E-state index contributed by atoms with van der Waals surface area (Å²) >= 11 is 0. The van der Waals surface area contributed by atoms with E-state index in [1.807, 2.05) is 72.8 Å². The van der Waals surface area contributed by atoms with Crippen LogP contribution in [0.5, 0.6) is 11.5 Å². The van der Waals surface area contributed by atoms with Crippen molar-refractivity contribution < 1.29 is 9.47 Å². The van der Waals surface area contributed by atoms with E-state index < -0.39 is 0 Å². The van der Waals surface area contributed by atoms with Gasteiger partial charge in [-0.25, -0.2) is 0 Å². The molecule has 5 aromatic rings. The van der Waals surface area contributed by atoms with Crippen molar-refractivity contribution in [2.24, 2.45) is 0 Å². The Balaban J connectivity index is 0.000000195. The van der Waals surface area contributed by atoms with Gasteiger partial charge < -0.3 is 9.47 Å². The third-order valence-electron chi connectivity index (χ3n) is 5.65. The maximum atomic E-state index is 8.41. The maximum absolute atomic E-state index is 8.41. The lowest BCUT2D eigenvalue weighted by Gasteiger charge is -2.00. The van der Waals surface area contributed by atoms with E-state index >= 15 is 0 Å². The normalized spacial score (nSPS) is 9.30. The lowest BCUT2D eigenvalue weighted by Crippen LogP contribution is -1.82. The number of aryl methyl sites for hydroxylation is 2. The Labute approximate surface area is 219 Å². The van der Waals surface area contributed by atoms with E-state index in [-0.39, 0.29) is 7.43 Å². The molecule has 0 aliphatic rings. The van der Waals surface area contributed by atoms with Gasteiger partial charge in [-0.3, -0.25) is 0 Å². The van der Waals surface area contributed by atoms with Crippen molar-refractivity contribution >= 4 is 21.5 Å². The molecule has 0 aliphatic carbocycles. The Bertz CT molecular complexity index is 1350. The predicted molar refractivity (Wildman–Crippen MR) is 152 cm³/mol. The molecule has 0 saturated carbocycles. The van der Waals surface area contributed by atoms with E-state index in [0.717, 1.165) is 34.4 Å². The molecule has 0 spiro atoms. The monoisotopic (exact) mass is 488 g/mol. The summed E-state index contributed by atoms with van der Waals surface area (Å²) in [5.74, 6) is 1.22. The first-order chi connectivity index (χ1) is 17.7. The SMILES string of the molecule is C.CCc1ccc(CC)cc1.N#COc1cccc2ccccc12.N#COc1cccc2ccccc12. The highest BCUT2D eigenvalue weighted by atomic mass is 16.5. The van der Waals surface area contributed by atoms with Gasteiger partial charge in [0.05, 0.1) is 0 Å². The number of nitrogens with zero attached hydrogens (tertiary/aromatic N) is 2. The number of hydrogen-bond donors (Lipinski definition) is 0. The van der Waals surface area contributed by atoms with Crippen molar-refractivity contribution in [2.45, 2.75) is 34.1 Å². The predicted octanol–water partition coefficient (Wildman–Crippen LogP) is 8.85. The van der Waals surface area contributed by atoms with Crippen LogP contribution in [0.1, 0.15) is 32.4 Å². The number of nitriles is 2. The van der Waals surface area contributed by atoms with E-state index in [1.165, 1.54) is 11.1 Å². The van der Waals surface area contributed by atoms with Crippen molar-refractivity contribution in [3.63, 3.8) is 0 Å². The quantitative estimate of drug-likeness (QED) is 0.237. The molecule has 0 saturated heterocycles. The van der Waals surface area contributed by atoms with Crippen LogP contribution in [0.15, 0.2) is 109 Å². The van der Waals surface area contributed by atoms with Crippen LogP contribution in [-0.4, -0.2) is 0 Å². The summed E-state index contributed by atoms with van der Waals surface area (Å²) in [4.78, 5) is 0. The highest BCUT2D eigenvalue weighted by molar-refractivity contribution is 5.89. The fourth-order valence-electron chi connectivity index (χ4n) is 3.68. The van der Waals surface area contributed by atoms with E-state index in [9.17, 15) is 0 Å². The van der Waals surface area contributed by atoms with Gasteiger partial charge in [-0.1, -0.05) is 118 Å². The molecule has 0 amide bonds. The summed E-state index contributed by atoms with van der Waals surface area (Å²) in [5, 5.41) is 20.9. The molecule has 0 heterocycles. The van der Waals surface area contributed by atoms with E-state index in [1.54, 1.807) is 24.6 Å². The molecule has 37 heavy (non-hydrogen) atoms. The van der Waals surface area contributed by atoms with Crippen LogP contribution in [0, 0.1) is 23.0 Å². The number of benzene rings is 5. The first kappa shape index (κ1) is 28.4. The first-order valence-corrected chi connectivity index (χ1v) is 11.8. The van der Waals surface area contributed by atoms with Crippen molar-refractivity contribution in [3.8, 4) is 24.0 Å². The molecule has 0 atom stereocenters. The van der Waals surface area contributed by atoms with Crippen molar-refractivity contribution in [1.29, 1.82) is 10.5 Å². The zero-order valence-corrected chi connectivity index (χ0v) is 20.5. The molecule has 0 bridgehead atoms. The zero-order chi connectivity index (χ0) is 25.6. The molecule has 0 unspecified atom stereocenters. The second-order valence-electron chi connectivity index (χ2n) is 7.86.